The van der Waals surface area contributed by atoms with Crippen molar-refractivity contribution in [1.82, 2.24) is 15.1 Å². The van der Waals surface area contributed by atoms with E-state index < -0.39 is 11.6 Å². The van der Waals surface area contributed by atoms with Crippen molar-refractivity contribution in [2.75, 3.05) is 32.7 Å². The summed E-state index contributed by atoms with van der Waals surface area (Å²) in [6, 6.07) is 15.0. The van der Waals surface area contributed by atoms with Crippen molar-refractivity contribution in [3.05, 3.63) is 71.3 Å². The number of nitrogens with zero attached hydrogens (tertiary/aromatic N) is 2. The van der Waals surface area contributed by atoms with Crippen LogP contribution in [-0.2, 0) is 11.2 Å². The lowest BCUT2D eigenvalue weighted by Gasteiger charge is -2.29. The molecule has 4 nitrogen and oxygen atoms in total. The van der Waals surface area contributed by atoms with Crippen molar-refractivity contribution in [2.24, 2.45) is 0 Å². The second-order valence-corrected chi connectivity index (χ2v) is 7.89. The summed E-state index contributed by atoms with van der Waals surface area (Å²) in [6.45, 7) is 7.52. The molecule has 1 N–H and O–H groups in total. The zero-order valence-corrected chi connectivity index (χ0v) is 17.8. The van der Waals surface area contributed by atoms with Gasteiger partial charge in [-0.3, -0.25) is 14.6 Å². The molecule has 2 aromatic rings. The Morgan fingerprint density at radius 1 is 1.17 bits per heavy atom. The maximum atomic E-state index is 13.7. The van der Waals surface area contributed by atoms with Gasteiger partial charge in [-0.05, 0) is 44.0 Å². The fraction of sp³-hybridized carbons (Fsp3) is 0.458. The van der Waals surface area contributed by atoms with Gasteiger partial charge in [0.2, 0.25) is 5.91 Å². The highest BCUT2D eigenvalue weighted by molar-refractivity contribution is 5.78. The molecular weight excluding hydrogens is 384 g/mol. The van der Waals surface area contributed by atoms with E-state index in [9.17, 15) is 13.6 Å². The fourth-order valence-electron chi connectivity index (χ4n) is 4.20. The maximum absolute atomic E-state index is 13.7. The second-order valence-electron chi connectivity index (χ2n) is 7.89. The van der Waals surface area contributed by atoms with Crippen LogP contribution in [0.1, 0.15) is 37.4 Å². The number of nitrogens with one attached hydrogen (secondary N) is 1. The van der Waals surface area contributed by atoms with Gasteiger partial charge >= 0.3 is 0 Å². The third-order valence-electron chi connectivity index (χ3n) is 6.05. The first-order valence-corrected chi connectivity index (χ1v) is 10.7. The lowest BCUT2D eigenvalue weighted by Crippen LogP contribution is -2.44. The van der Waals surface area contributed by atoms with Gasteiger partial charge < -0.3 is 5.32 Å². The summed E-state index contributed by atoms with van der Waals surface area (Å²) in [4.78, 5) is 17.1. The Labute approximate surface area is 177 Å². The molecule has 1 heterocycles. The molecule has 1 aliphatic heterocycles. The molecule has 30 heavy (non-hydrogen) atoms. The summed E-state index contributed by atoms with van der Waals surface area (Å²) < 4.78 is 27.4. The van der Waals surface area contributed by atoms with Crippen LogP contribution in [-0.4, -0.2) is 54.5 Å². The van der Waals surface area contributed by atoms with E-state index in [1.54, 1.807) is 0 Å². The minimum atomic E-state index is -0.571. The predicted octanol–water partition coefficient (Wildman–Crippen LogP) is 3.78. The van der Waals surface area contributed by atoms with E-state index in [2.05, 4.69) is 53.2 Å². The Kier molecular flexibility index (Phi) is 7.94. The van der Waals surface area contributed by atoms with Crippen molar-refractivity contribution in [1.29, 1.82) is 0 Å². The summed E-state index contributed by atoms with van der Waals surface area (Å²) >= 11 is 0. The van der Waals surface area contributed by atoms with Gasteiger partial charge in [0.1, 0.15) is 11.6 Å². The third kappa shape index (κ3) is 5.64. The molecular formula is C24H31F2N3O. The summed E-state index contributed by atoms with van der Waals surface area (Å²) in [5.74, 6) is -1.25. The highest BCUT2D eigenvalue weighted by Crippen LogP contribution is 2.26. The van der Waals surface area contributed by atoms with E-state index in [0.717, 1.165) is 26.1 Å². The van der Waals surface area contributed by atoms with Crippen molar-refractivity contribution >= 4 is 5.91 Å². The molecule has 1 amide bonds. The quantitative estimate of drug-likeness (QED) is 0.677. The van der Waals surface area contributed by atoms with Crippen LogP contribution < -0.4 is 5.32 Å². The molecule has 2 aromatic carbocycles. The Hall–Kier alpha value is -2.31. The summed E-state index contributed by atoms with van der Waals surface area (Å²) in [7, 11) is 0. The highest BCUT2D eigenvalue weighted by Gasteiger charge is 2.30. The molecule has 3 rings (SSSR count). The molecule has 1 aliphatic rings. The predicted molar refractivity (Wildman–Crippen MR) is 115 cm³/mol. The van der Waals surface area contributed by atoms with E-state index in [0.29, 0.717) is 18.6 Å². The highest BCUT2D eigenvalue weighted by atomic mass is 19.1. The van der Waals surface area contributed by atoms with Crippen molar-refractivity contribution in [2.45, 2.75) is 38.8 Å². The number of rotatable bonds is 9. The average Bonchev–Trinajstić information content (AvgIpc) is 3.24. The van der Waals surface area contributed by atoms with Crippen LogP contribution in [0.2, 0.25) is 0 Å². The van der Waals surface area contributed by atoms with Crippen LogP contribution >= 0.6 is 0 Å². The monoisotopic (exact) mass is 415 g/mol. The molecule has 2 atom stereocenters. The Balaban J connectivity index is 1.47. The minimum Gasteiger partial charge on any atom is -0.355 e. The molecule has 0 saturated carbocycles. The van der Waals surface area contributed by atoms with Gasteiger partial charge in [0, 0.05) is 37.3 Å². The number of carbonyl (C=O) groups is 1. The summed E-state index contributed by atoms with van der Waals surface area (Å²) in [5.41, 5.74) is 1.32. The molecule has 6 heteroatoms. The molecule has 1 fully saturated rings. The number of likely N-dealkylation sites (N-methyl/N-ethyl adjacent to an activating group) is 1. The number of likely N-dealkylation sites (tertiary alicyclic amines) is 1. The number of carbonyl (C=O) groups excluding carboxylic acids is 1. The molecule has 162 valence electrons. The molecule has 2 unspecified atom stereocenters. The van der Waals surface area contributed by atoms with E-state index >= 15 is 0 Å². The smallest absolute Gasteiger partial charge is 0.234 e. The van der Waals surface area contributed by atoms with Crippen LogP contribution in [0.3, 0.4) is 0 Å². The first kappa shape index (κ1) is 22.4. The summed E-state index contributed by atoms with van der Waals surface area (Å²) in [5, 5.41) is 2.81. The second kappa shape index (κ2) is 10.6. The Bertz CT molecular complexity index is 810. The number of benzene rings is 2. The Morgan fingerprint density at radius 3 is 2.53 bits per heavy atom. The van der Waals surface area contributed by atoms with Crippen LogP contribution in [0.4, 0.5) is 8.78 Å². The third-order valence-corrected chi connectivity index (χ3v) is 6.05. The lowest BCUT2D eigenvalue weighted by molar-refractivity contribution is -0.122. The standard InChI is InChI=1S/C24H31F2N3O/c1-3-28(17-24(30)27-14-12-21-22(25)10-7-11-23(21)26)20-13-15-29(16-20)18(2)19-8-5-4-6-9-19/h4-11,18,20H,3,12-17H2,1-2H3,(H,27,30). The number of halogens is 2. The molecule has 0 spiro atoms. The van der Waals surface area contributed by atoms with Crippen molar-refractivity contribution < 1.29 is 13.6 Å². The minimum absolute atomic E-state index is 0.0199. The Morgan fingerprint density at radius 2 is 1.87 bits per heavy atom. The topological polar surface area (TPSA) is 35.6 Å². The number of hydrogen-bond donors (Lipinski definition) is 1. The summed E-state index contributed by atoms with van der Waals surface area (Å²) in [6.07, 6.45) is 1.17. The number of amides is 1. The lowest BCUT2D eigenvalue weighted by atomic mass is 10.1. The molecule has 0 bridgehead atoms. The first-order chi connectivity index (χ1) is 14.5. The average molecular weight is 416 g/mol. The van der Waals surface area contributed by atoms with Crippen LogP contribution in [0, 0.1) is 11.6 Å². The zero-order chi connectivity index (χ0) is 21.5. The molecule has 0 radical (unpaired) electrons. The van der Waals surface area contributed by atoms with E-state index in [-0.39, 0.29) is 24.4 Å². The van der Waals surface area contributed by atoms with Gasteiger partial charge in [-0.2, -0.15) is 0 Å². The van der Waals surface area contributed by atoms with Crippen molar-refractivity contribution in [3.8, 4) is 0 Å². The van der Waals surface area contributed by atoms with E-state index in [1.165, 1.54) is 23.8 Å². The SMILES string of the molecule is CCN(CC(=O)NCCc1c(F)cccc1F)C1CCN(C(C)c2ccccc2)C1. The maximum Gasteiger partial charge on any atom is 0.234 e. The molecule has 1 saturated heterocycles. The van der Waals surface area contributed by atoms with Crippen LogP contribution in [0.25, 0.3) is 0 Å². The number of hydrogen-bond acceptors (Lipinski definition) is 3. The fourth-order valence-corrected chi connectivity index (χ4v) is 4.20. The van der Waals surface area contributed by atoms with Gasteiger partial charge in [0.25, 0.3) is 0 Å². The van der Waals surface area contributed by atoms with Gasteiger partial charge in [0.15, 0.2) is 0 Å². The molecule has 0 aromatic heterocycles. The van der Waals surface area contributed by atoms with Gasteiger partial charge in [-0.15, -0.1) is 0 Å². The van der Waals surface area contributed by atoms with E-state index in [4.69, 9.17) is 0 Å². The van der Waals surface area contributed by atoms with Crippen LogP contribution in [0.15, 0.2) is 48.5 Å². The first-order valence-electron chi connectivity index (χ1n) is 10.7. The van der Waals surface area contributed by atoms with Crippen LogP contribution in [0.5, 0.6) is 0 Å². The normalized spacial score (nSPS) is 18.0. The van der Waals surface area contributed by atoms with Gasteiger partial charge in [0.05, 0.1) is 6.54 Å². The van der Waals surface area contributed by atoms with Crippen molar-refractivity contribution in [3.63, 3.8) is 0 Å². The largest absolute Gasteiger partial charge is 0.355 e. The zero-order valence-electron chi connectivity index (χ0n) is 17.8. The van der Waals surface area contributed by atoms with E-state index in [1.807, 2.05) is 6.07 Å². The van der Waals surface area contributed by atoms with Gasteiger partial charge in [-0.1, -0.05) is 43.3 Å². The molecule has 0 aliphatic carbocycles. The van der Waals surface area contributed by atoms with Gasteiger partial charge in [-0.25, -0.2) is 8.78 Å².